The number of carbonyl (C=O) groups is 4. The summed E-state index contributed by atoms with van der Waals surface area (Å²) in [5.74, 6) is -4.15. The summed E-state index contributed by atoms with van der Waals surface area (Å²) in [7, 11) is 0. The highest BCUT2D eigenvalue weighted by Gasteiger charge is 2.25. The number of nitrogens with one attached hydrogen (secondary N) is 2. The van der Waals surface area contributed by atoms with E-state index in [-0.39, 0.29) is 5.75 Å². The van der Waals surface area contributed by atoms with Gasteiger partial charge >= 0.3 is 11.9 Å². The van der Waals surface area contributed by atoms with E-state index in [0.29, 0.717) is 0 Å². The Kier molecular flexibility index (Phi) is 7.62. The fraction of sp³-hybridized carbons (Fsp3) is 0.600. The summed E-state index contributed by atoms with van der Waals surface area (Å²) in [6.07, 6.45) is -0.585. The SMILES string of the molecule is CC(NC(=O)C(CS)NC(=O)C(N)CC(=O)O)C(=O)O. The molecule has 3 unspecified atom stereocenters. The Bertz CT molecular complexity index is 402. The highest BCUT2D eigenvalue weighted by atomic mass is 32.1. The number of amides is 2. The molecule has 2 amide bonds. The lowest BCUT2D eigenvalue weighted by Gasteiger charge is -2.19. The van der Waals surface area contributed by atoms with E-state index in [1.165, 1.54) is 6.92 Å². The first-order valence-corrected chi connectivity index (χ1v) is 6.24. The van der Waals surface area contributed by atoms with Crippen LogP contribution in [0.3, 0.4) is 0 Å². The second-order valence-electron chi connectivity index (χ2n) is 4.02. The highest BCUT2D eigenvalue weighted by molar-refractivity contribution is 7.80. The summed E-state index contributed by atoms with van der Waals surface area (Å²) >= 11 is 3.86. The first-order valence-electron chi connectivity index (χ1n) is 5.60. The molecule has 0 rings (SSSR count). The minimum Gasteiger partial charge on any atom is -0.481 e. The van der Waals surface area contributed by atoms with E-state index in [1.807, 2.05) is 0 Å². The summed E-state index contributed by atoms with van der Waals surface area (Å²) in [6, 6.07) is -3.54. The normalized spacial score (nSPS) is 14.8. The molecule has 3 atom stereocenters. The molecule has 6 N–H and O–H groups in total. The van der Waals surface area contributed by atoms with E-state index in [2.05, 4.69) is 23.3 Å². The predicted molar refractivity (Wildman–Crippen MR) is 71.3 cm³/mol. The number of thiol groups is 1. The molecule has 0 spiro atoms. The number of nitrogens with two attached hydrogens (primary N) is 1. The van der Waals surface area contributed by atoms with E-state index >= 15 is 0 Å². The fourth-order valence-corrected chi connectivity index (χ4v) is 1.39. The number of hydrogen-bond acceptors (Lipinski definition) is 6. The molecule has 0 fully saturated rings. The van der Waals surface area contributed by atoms with Gasteiger partial charge in [-0.25, -0.2) is 0 Å². The molecule has 0 aromatic carbocycles. The molecule has 9 nitrogen and oxygen atoms in total. The van der Waals surface area contributed by atoms with Crippen LogP contribution in [0.25, 0.3) is 0 Å². The van der Waals surface area contributed by atoms with Crippen molar-refractivity contribution in [2.24, 2.45) is 5.73 Å². The third-order valence-corrected chi connectivity index (χ3v) is 2.64. The van der Waals surface area contributed by atoms with Gasteiger partial charge in [0.25, 0.3) is 0 Å². The molecule has 0 aliphatic heterocycles. The van der Waals surface area contributed by atoms with Crippen LogP contribution >= 0.6 is 12.6 Å². The minimum absolute atomic E-state index is 0.0935. The van der Waals surface area contributed by atoms with E-state index in [0.717, 1.165) is 0 Å². The second kappa shape index (κ2) is 8.38. The van der Waals surface area contributed by atoms with Gasteiger partial charge in [0, 0.05) is 5.75 Å². The van der Waals surface area contributed by atoms with E-state index < -0.39 is 48.3 Å². The first-order chi connectivity index (χ1) is 9.18. The van der Waals surface area contributed by atoms with Crippen molar-refractivity contribution >= 4 is 36.4 Å². The summed E-state index contributed by atoms with van der Waals surface area (Å²) in [5.41, 5.74) is 5.33. The summed E-state index contributed by atoms with van der Waals surface area (Å²) in [5, 5.41) is 21.5. The molecule has 0 heterocycles. The van der Waals surface area contributed by atoms with Gasteiger partial charge in [-0.05, 0) is 6.92 Å². The Morgan fingerprint density at radius 1 is 1.15 bits per heavy atom. The lowest BCUT2D eigenvalue weighted by atomic mass is 10.2. The zero-order chi connectivity index (χ0) is 15.9. The number of rotatable bonds is 8. The monoisotopic (exact) mass is 307 g/mol. The van der Waals surface area contributed by atoms with E-state index in [4.69, 9.17) is 15.9 Å². The molecule has 0 bridgehead atoms. The van der Waals surface area contributed by atoms with Gasteiger partial charge < -0.3 is 26.6 Å². The van der Waals surface area contributed by atoms with Crippen LogP contribution in [0.1, 0.15) is 13.3 Å². The van der Waals surface area contributed by atoms with Crippen molar-refractivity contribution in [3.8, 4) is 0 Å². The highest BCUT2D eigenvalue weighted by Crippen LogP contribution is 1.95. The standard InChI is InChI=1S/C10H17N3O6S/c1-4(10(18)19)12-9(17)6(3-20)13-8(16)5(11)2-7(14)15/h4-6,20H,2-3,11H2,1H3,(H,12,17)(H,13,16)(H,14,15)(H,18,19). The van der Waals surface area contributed by atoms with Crippen LogP contribution in [0.2, 0.25) is 0 Å². The molecule has 0 radical (unpaired) electrons. The lowest BCUT2D eigenvalue weighted by molar-refractivity contribution is -0.142. The Balaban J connectivity index is 4.53. The van der Waals surface area contributed by atoms with Crippen molar-refractivity contribution in [2.45, 2.75) is 31.5 Å². The van der Waals surface area contributed by atoms with Crippen molar-refractivity contribution in [1.29, 1.82) is 0 Å². The zero-order valence-electron chi connectivity index (χ0n) is 10.7. The summed E-state index contributed by atoms with van der Waals surface area (Å²) < 4.78 is 0. The maximum absolute atomic E-state index is 11.7. The van der Waals surface area contributed by atoms with Gasteiger partial charge in [-0.2, -0.15) is 12.6 Å². The Hall–Kier alpha value is -1.81. The van der Waals surface area contributed by atoms with Crippen molar-refractivity contribution in [2.75, 3.05) is 5.75 Å². The van der Waals surface area contributed by atoms with Crippen molar-refractivity contribution < 1.29 is 29.4 Å². The van der Waals surface area contributed by atoms with Crippen LogP contribution in [0, 0.1) is 0 Å². The van der Waals surface area contributed by atoms with Crippen LogP contribution in [-0.4, -0.2) is 57.8 Å². The number of carboxylic acids is 2. The van der Waals surface area contributed by atoms with Gasteiger partial charge in [0.15, 0.2) is 0 Å². The number of carboxylic acid groups (broad SMARTS) is 2. The van der Waals surface area contributed by atoms with Crippen LogP contribution in [0.5, 0.6) is 0 Å². The third kappa shape index (κ3) is 6.38. The molecule has 0 aliphatic rings. The smallest absolute Gasteiger partial charge is 0.325 e. The maximum Gasteiger partial charge on any atom is 0.325 e. The van der Waals surface area contributed by atoms with Crippen LogP contribution < -0.4 is 16.4 Å². The molecule has 0 aromatic rings. The van der Waals surface area contributed by atoms with E-state index in [9.17, 15) is 19.2 Å². The first kappa shape index (κ1) is 18.2. The van der Waals surface area contributed by atoms with Crippen LogP contribution in [0.4, 0.5) is 0 Å². The maximum atomic E-state index is 11.7. The van der Waals surface area contributed by atoms with Crippen LogP contribution in [0.15, 0.2) is 0 Å². The fourth-order valence-electron chi connectivity index (χ4n) is 1.13. The number of aliphatic carboxylic acids is 2. The number of carbonyl (C=O) groups excluding carboxylic acids is 2. The van der Waals surface area contributed by atoms with Gasteiger partial charge in [0.1, 0.15) is 12.1 Å². The van der Waals surface area contributed by atoms with Gasteiger partial charge in [0.2, 0.25) is 11.8 Å². The Labute approximate surface area is 120 Å². The Morgan fingerprint density at radius 2 is 1.70 bits per heavy atom. The molecule has 20 heavy (non-hydrogen) atoms. The predicted octanol–water partition coefficient (Wildman–Crippen LogP) is -2.21. The molecule has 10 heteroatoms. The summed E-state index contributed by atoms with van der Waals surface area (Å²) in [6.45, 7) is 1.26. The van der Waals surface area contributed by atoms with Crippen LogP contribution in [-0.2, 0) is 19.2 Å². The largest absolute Gasteiger partial charge is 0.481 e. The number of hydrogen-bond donors (Lipinski definition) is 6. The average molecular weight is 307 g/mol. The van der Waals surface area contributed by atoms with Gasteiger partial charge in [0.05, 0.1) is 12.5 Å². The van der Waals surface area contributed by atoms with Crippen molar-refractivity contribution in [3.05, 3.63) is 0 Å². The molecule has 0 saturated carbocycles. The van der Waals surface area contributed by atoms with E-state index in [1.54, 1.807) is 0 Å². The van der Waals surface area contributed by atoms with Gasteiger partial charge in [-0.3, -0.25) is 19.2 Å². The molecule has 114 valence electrons. The third-order valence-electron chi connectivity index (χ3n) is 2.28. The quantitative estimate of drug-likeness (QED) is 0.277. The zero-order valence-corrected chi connectivity index (χ0v) is 11.6. The average Bonchev–Trinajstić information content (AvgIpc) is 2.34. The van der Waals surface area contributed by atoms with Crippen molar-refractivity contribution in [1.82, 2.24) is 10.6 Å². The molecule has 0 aromatic heterocycles. The topological polar surface area (TPSA) is 159 Å². The molecular weight excluding hydrogens is 290 g/mol. The second-order valence-corrected chi connectivity index (χ2v) is 4.38. The molecule has 0 saturated heterocycles. The summed E-state index contributed by atoms with van der Waals surface area (Å²) in [4.78, 5) is 44.2. The Morgan fingerprint density at radius 3 is 2.10 bits per heavy atom. The van der Waals surface area contributed by atoms with Crippen molar-refractivity contribution in [3.63, 3.8) is 0 Å². The van der Waals surface area contributed by atoms with Gasteiger partial charge in [-0.1, -0.05) is 0 Å². The minimum atomic E-state index is -1.31. The van der Waals surface area contributed by atoms with Gasteiger partial charge in [-0.15, -0.1) is 0 Å². The lowest BCUT2D eigenvalue weighted by Crippen LogP contribution is -2.55. The molecular formula is C10H17N3O6S. The molecule has 0 aliphatic carbocycles.